The third-order valence-corrected chi connectivity index (χ3v) is 5.06. The molecule has 1 aromatic heterocycles. The van der Waals surface area contributed by atoms with Gasteiger partial charge in [0, 0.05) is 18.6 Å². The van der Waals surface area contributed by atoms with Gasteiger partial charge in [0.15, 0.2) is 0 Å². The van der Waals surface area contributed by atoms with Gasteiger partial charge in [-0.15, -0.1) is 0 Å². The standard InChI is InChI=1S/C27H27FN2O3/c1-5-33-26(32)23(17-30-21-9-7-20(8-10-21)27(2,3)4)25(31)22-11-6-19(16-24(22)28)18-12-14-29-15-13-18/h6-17,31H,5H2,1-4H3/b25-23+,30-17?. The first kappa shape index (κ1) is 23.9. The van der Waals surface area contributed by atoms with E-state index in [0.29, 0.717) is 11.3 Å². The smallest absolute Gasteiger partial charge is 0.343 e. The molecule has 0 aliphatic rings. The summed E-state index contributed by atoms with van der Waals surface area (Å²) in [5, 5.41) is 10.8. The van der Waals surface area contributed by atoms with Crippen molar-refractivity contribution in [3.8, 4) is 11.1 Å². The quantitative estimate of drug-likeness (QED) is 0.205. The Morgan fingerprint density at radius 2 is 1.73 bits per heavy atom. The van der Waals surface area contributed by atoms with E-state index in [2.05, 4.69) is 30.7 Å². The van der Waals surface area contributed by atoms with E-state index in [9.17, 15) is 14.3 Å². The SMILES string of the molecule is CCOC(=O)/C(C=Nc1ccc(C(C)(C)C)cc1)=C(/O)c1ccc(-c2ccncc2)cc1F. The van der Waals surface area contributed by atoms with E-state index in [1.54, 1.807) is 37.5 Å². The Hall–Kier alpha value is -3.80. The number of aromatic nitrogens is 1. The molecule has 0 spiro atoms. The van der Waals surface area contributed by atoms with Crippen LogP contribution >= 0.6 is 0 Å². The number of aliphatic hydroxyl groups excluding tert-OH is 1. The van der Waals surface area contributed by atoms with Crippen molar-refractivity contribution in [1.82, 2.24) is 4.98 Å². The molecule has 0 aliphatic carbocycles. The molecule has 3 rings (SSSR count). The van der Waals surface area contributed by atoms with Crippen molar-refractivity contribution in [3.05, 3.63) is 89.5 Å². The molecule has 0 aliphatic heterocycles. The van der Waals surface area contributed by atoms with E-state index in [0.717, 1.165) is 11.1 Å². The lowest BCUT2D eigenvalue weighted by Crippen LogP contribution is -2.12. The maximum Gasteiger partial charge on any atom is 0.343 e. The van der Waals surface area contributed by atoms with Gasteiger partial charge in [-0.1, -0.05) is 39.0 Å². The topological polar surface area (TPSA) is 71.8 Å². The van der Waals surface area contributed by atoms with Crippen LogP contribution in [0.3, 0.4) is 0 Å². The Morgan fingerprint density at radius 3 is 2.30 bits per heavy atom. The summed E-state index contributed by atoms with van der Waals surface area (Å²) in [6.45, 7) is 8.09. The second kappa shape index (κ2) is 10.2. The average molecular weight is 447 g/mol. The highest BCUT2D eigenvalue weighted by Gasteiger charge is 2.19. The Kier molecular flexibility index (Phi) is 7.38. The summed E-state index contributed by atoms with van der Waals surface area (Å²) in [6, 6.07) is 15.4. The molecule has 2 aromatic carbocycles. The van der Waals surface area contributed by atoms with E-state index in [1.165, 1.54) is 18.3 Å². The number of esters is 1. The number of benzene rings is 2. The molecular formula is C27H27FN2O3. The zero-order chi connectivity index (χ0) is 24.0. The number of rotatable bonds is 6. The Bertz CT molecular complexity index is 1180. The van der Waals surface area contributed by atoms with Gasteiger partial charge in [-0.05, 0) is 65.4 Å². The van der Waals surface area contributed by atoms with Gasteiger partial charge in [0.25, 0.3) is 0 Å². The predicted octanol–water partition coefficient (Wildman–Crippen LogP) is 6.42. The summed E-state index contributed by atoms with van der Waals surface area (Å²) in [4.78, 5) is 20.8. The lowest BCUT2D eigenvalue weighted by molar-refractivity contribution is -0.137. The highest BCUT2D eigenvalue weighted by molar-refractivity contribution is 6.15. The number of aliphatic hydroxyl groups is 1. The van der Waals surface area contributed by atoms with E-state index >= 15 is 0 Å². The van der Waals surface area contributed by atoms with Crippen LogP contribution in [0.4, 0.5) is 10.1 Å². The molecule has 5 nitrogen and oxygen atoms in total. The summed E-state index contributed by atoms with van der Waals surface area (Å²) >= 11 is 0. The number of ether oxygens (including phenoxy) is 1. The predicted molar refractivity (Wildman–Crippen MR) is 129 cm³/mol. The summed E-state index contributed by atoms with van der Waals surface area (Å²) in [5.74, 6) is -2.00. The second-order valence-corrected chi connectivity index (χ2v) is 8.47. The molecule has 1 N–H and O–H groups in total. The van der Waals surface area contributed by atoms with Crippen molar-refractivity contribution in [2.75, 3.05) is 6.61 Å². The molecule has 0 amide bonds. The molecular weight excluding hydrogens is 419 g/mol. The summed E-state index contributed by atoms with van der Waals surface area (Å²) in [6.07, 6.45) is 4.43. The lowest BCUT2D eigenvalue weighted by atomic mass is 9.87. The van der Waals surface area contributed by atoms with Crippen molar-refractivity contribution in [2.45, 2.75) is 33.1 Å². The first-order chi connectivity index (χ1) is 15.7. The van der Waals surface area contributed by atoms with Gasteiger partial charge in [-0.3, -0.25) is 9.98 Å². The summed E-state index contributed by atoms with van der Waals surface area (Å²) in [5.41, 5.74) is 2.78. The lowest BCUT2D eigenvalue weighted by Gasteiger charge is -2.18. The first-order valence-electron chi connectivity index (χ1n) is 10.7. The minimum Gasteiger partial charge on any atom is -0.506 e. The van der Waals surface area contributed by atoms with Crippen molar-refractivity contribution in [3.63, 3.8) is 0 Å². The van der Waals surface area contributed by atoms with Crippen molar-refractivity contribution in [2.24, 2.45) is 4.99 Å². The maximum atomic E-state index is 14.9. The number of halogens is 1. The fourth-order valence-electron chi connectivity index (χ4n) is 3.18. The van der Waals surface area contributed by atoms with Gasteiger partial charge in [0.1, 0.15) is 17.1 Å². The monoisotopic (exact) mass is 446 g/mol. The third-order valence-electron chi connectivity index (χ3n) is 5.06. The van der Waals surface area contributed by atoms with Crippen LogP contribution in [0, 0.1) is 5.82 Å². The number of carbonyl (C=O) groups is 1. The number of nitrogens with zero attached hydrogens (tertiary/aromatic N) is 2. The number of carbonyl (C=O) groups excluding carboxylic acids is 1. The van der Waals surface area contributed by atoms with Gasteiger partial charge in [0.05, 0.1) is 17.9 Å². The minimum absolute atomic E-state index is 0.00351. The largest absolute Gasteiger partial charge is 0.506 e. The van der Waals surface area contributed by atoms with Crippen molar-refractivity contribution < 1.29 is 19.0 Å². The van der Waals surface area contributed by atoms with Gasteiger partial charge < -0.3 is 9.84 Å². The molecule has 1 heterocycles. The Labute approximate surface area is 193 Å². The van der Waals surface area contributed by atoms with Crippen LogP contribution in [0.2, 0.25) is 0 Å². The van der Waals surface area contributed by atoms with Gasteiger partial charge in [-0.2, -0.15) is 0 Å². The number of aliphatic imine (C=N–C) groups is 1. The fourth-order valence-corrected chi connectivity index (χ4v) is 3.18. The van der Waals surface area contributed by atoms with Gasteiger partial charge >= 0.3 is 5.97 Å². The van der Waals surface area contributed by atoms with Crippen LogP contribution in [0.25, 0.3) is 16.9 Å². The van der Waals surface area contributed by atoms with Crippen molar-refractivity contribution in [1.29, 1.82) is 0 Å². The summed E-state index contributed by atoms with van der Waals surface area (Å²) < 4.78 is 20.0. The first-order valence-corrected chi connectivity index (χ1v) is 10.7. The Morgan fingerprint density at radius 1 is 1.06 bits per heavy atom. The Balaban J connectivity index is 1.98. The van der Waals surface area contributed by atoms with Gasteiger partial charge in [0.2, 0.25) is 0 Å². The van der Waals surface area contributed by atoms with Crippen LogP contribution in [0.1, 0.15) is 38.8 Å². The molecule has 0 saturated carbocycles. The van der Waals surface area contributed by atoms with Crippen LogP contribution in [-0.4, -0.2) is 28.9 Å². The molecule has 0 radical (unpaired) electrons. The number of pyridine rings is 1. The third kappa shape index (κ3) is 5.92. The summed E-state index contributed by atoms with van der Waals surface area (Å²) in [7, 11) is 0. The van der Waals surface area contributed by atoms with Gasteiger partial charge in [-0.25, -0.2) is 9.18 Å². The maximum absolute atomic E-state index is 14.9. The average Bonchev–Trinajstić information content (AvgIpc) is 2.79. The molecule has 3 aromatic rings. The highest BCUT2D eigenvalue weighted by atomic mass is 19.1. The molecule has 0 unspecified atom stereocenters. The number of hydrogen-bond donors (Lipinski definition) is 1. The van der Waals surface area contributed by atoms with Crippen molar-refractivity contribution >= 4 is 23.6 Å². The number of hydrogen-bond acceptors (Lipinski definition) is 5. The molecule has 33 heavy (non-hydrogen) atoms. The van der Waals surface area contributed by atoms with E-state index in [-0.39, 0.29) is 23.2 Å². The zero-order valence-corrected chi connectivity index (χ0v) is 19.2. The molecule has 0 bridgehead atoms. The van der Waals surface area contributed by atoms with Crippen LogP contribution < -0.4 is 0 Å². The van der Waals surface area contributed by atoms with Crippen LogP contribution in [0.15, 0.2) is 77.6 Å². The highest BCUT2D eigenvalue weighted by Crippen LogP contribution is 2.27. The zero-order valence-electron chi connectivity index (χ0n) is 19.2. The molecule has 0 saturated heterocycles. The van der Waals surface area contributed by atoms with E-state index < -0.39 is 17.5 Å². The van der Waals surface area contributed by atoms with E-state index in [4.69, 9.17) is 4.74 Å². The fraction of sp³-hybridized carbons (Fsp3) is 0.222. The molecule has 6 heteroatoms. The minimum atomic E-state index is -0.789. The molecule has 0 atom stereocenters. The second-order valence-electron chi connectivity index (χ2n) is 8.47. The van der Waals surface area contributed by atoms with E-state index in [1.807, 2.05) is 24.3 Å². The molecule has 170 valence electrons. The van der Waals surface area contributed by atoms with Crippen LogP contribution in [0.5, 0.6) is 0 Å². The normalized spacial score (nSPS) is 12.5. The molecule has 0 fully saturated rings. The van der Waals surface area contributed by atoms with Crippen LogP contribution in [-0.2, 0) is 14.9 Å².